The van der Waals surface area contributed by atoms with Gasteiger partial charge in [0.25, 0.3) is 0 Å². The number of carbonyl (C=O) groups excluding carboxylic acids is 1. The van der Waals surface area contributed by atoms with Crippen molar-refractivity contribution in [3.05, 3.63) is 35.4 Å². The molecule has 2 N–H and O–H groups in total. The summed E-state index contributed by atoms with van der Waals surface area (Å²) in [5.41, 5.74) is 2.58. The van der Waals surface area contributed by atoms with Crippen LogP contribution < -0.4 is 10.6 Å². The van der Waals surface area contributed by atoms with E-state index < -0.39 is 0 Å². The molecule has 128 valence electrons. The van der Waals surface area contributed by atoms with E-state index in [0.29, 0.717) is 6.54 Å². The number of nitrogens with one attached hydrogen (secondary N) is 2. The molecule has 1 aliphatic rings. The Morgan fingerprint density at radius 2 is 1.87 bits per heavy atom. The van der Waals surface area contributed by atoms with Crippen molar-refractivity contribution in [2.75, 3.05) is 32.7 Å². The fraction of sp³-hybridized carbons (Fsp3) is 0.632. The molecule has 0 bridgehead atoms. The van der Waals surface area contributed by atoms with Crippen LogP contribution in [0.4, 0.5) is 4.79 Å². The molecule has 1 fully saturated rings. The zero-order chi connectivity index (χ0) is 16.5. The van der Waals surface area contributed by atoms with Crippen LogP contribution in [-0.2, 0) is 6.42 Å². The lowest BCUT2D eigenvalue weighted by Crippen LogP contribution is -2.39. The summed E-state index contributed by atoms with van der Waals surface area (Å²) in [6, 6.07) is 8.27. The first-order chi connectivity index (χ1) is 11.1. The van der Waals surface area contributed by atoms with Gasteiger partial charge in [0.1, 0.15) is 0 Å². The molecule has 2 rings (SSSR count). The van der Waals surface area contributed by atoms with Crippen molar-refractivity contribution in [2.24, 2.45) is 5.92 Å². The molecule has 2 amide bonds. The van der Waals surface area contributed by atoms with Crippen LogP contribution in [0.5, 0.6) is 0 Å². The van der Waals surface area contributed by atoms with Gasteiger partial charge < -0.3 is 15.5 Å². The lowest BCUT2D eigenvalue weighted by Gasteiger charge is -2.30. The number of hydrogen-bond donors (Lipinski definition) is 2. The van der Waals surface area contributed by atoms with Crippen LogP contribution in [0.25, 0.3) is 0 Å². The highest BCUT2D eigenvalue weighted by atomic mass is 16.2. The van der Waals surface area contributed by atoms with Gasteiger partial charge in [0.15, 0.2) is 0 Å². The van der Waals surface area contributed by atoms with Gasteiger partial charge in [0.05, 0.1) is 0 Å². The maximum absolute atomic E-state index is 11.8. The van der Waals surface area contributed by atoms with Crippen molar-refractivity contribution in [1.82, 2.24) is 15.5 Å². The Hall–Kier alpha value is -1.55. The second-order valence-electron chi connectivity index (χ2n) is 6.74. The lowest BCUT2D eigenvalue weighted by atomic mass is 9.99. The first-order valence-electron chi connectivity index (χ1n) is 8.93. The Labute approximate surface area is 140 Å². The SMILES string of the molecule is Cc1ccccc1CCNC(=O)NCCCN1CCC(C)CC1. The maximum atomic E-state index is 11.8. The van der Waals surface area contributed by atoms with E-state index in [1.54, 1.807) is 0 Å². The predicted octanol–water partition coefficient (Wildman–Crippen LogP) is 2.96. The van der Waals surface area contributed by atoms with Gasteiger partial charge in [-0.05, 0) is 69.3 Å². The number of urea groups is 1. The first kappa shape index (κ1) is 17.8. The second-order valence-corrected chi connectivity index (χ2v) is 6.74. The molecular formula is C19H31N3O. The molecule has 23 heavy (non-hydrogen) atoms. The summed E-state index contributed by atoms with van der Waals surface area (Å²) >= 11 is 0. The molecule has 0 spiro atoms. The van der Waals surface area contributed by atoms with Gasteiger partial charge in [-0.25, -0.2) is 4.79 Å². The van der Waals surface area contributed by atoms with Crippen LogP contribution in [0.15, 0.2) is 24.3 Å². The molecule has 1 heterocycles. The maximum Gasteiger partial charge on any atom is 0.314 e. The Bertz CT molecular complexity index is 481. The molecular weight excluding hydrogens is 286 g/mol. The molecule has 0 atom stereocenters. The normalized spacial score (nSPS) is 16.3. The van der Waals surface area contributed by atoms with Gasteiger partial charge >= 0.3 is 6.03 Å². The van der Waals surface area contributed by atoms with Crippen molar-refractivity contribution < 1.29 is 4.79 Å². The number of likely N-dealkylation sites (tertiary alicyclic amines) is 1. The summed E-state index contributed by atoms with van der Waals surface area (Å²) in [5.74, 6) is 0.878. The van der Waals surface area contributed by atoms with Crippen LogP contribution in [-0.4, -0.2) is 43.7 Å². The molecule has 1 aromatic carbocycles. The summed E-state index contributed by atoms with van der Waals surface area (Å²) in [4.78, 5) is 14.3. The molecule has 4 heteroatoms. The van der Waals surface area contributed by atoms with E-state index in [1.807, 2.05) is 12.1 Å². The number of hydrogen-bond acceptors (Lipinski definition) is 2. The predicted molar refractivity (Wildman–Crippen MR) is 95.7 cm³/mol. The number of benzene rings is 1. The van der Waals surface area contributed by atoms with E-state index in [1.165, 1.54) is 37.1 Å². The van der Waals surface area contributed by atoms with Gasteiger partial charge in [-0.2, -0.15) is 0 Å². The van der Waals surface area contributed by atoms with Crippen molar-refractivity contribution in [2.45, 2.75) is 39.5 Å². The molecule has 0 aliphatic carbocycles. The molecule has 0 aromatic heterocycles. The van der Waals surface area contributed by atoms with Gasteiger partial charge in [0, 0.05) is 13.1 Å². The molecule has 1 aliphatic heterocycles. The second kappa shape index (κ2) is 9.56. The highest BCUT2D eigenvalue weighted by Crippen LogP contribution is 2.15. The van der Waals surface area contributed by atoms with Crippen LogP contribution in [0, 0.1) is 12.8 Å². The van der Waals surface area contributed by atoms with Crippen molar-refractivity contribution in [3.63, 3.8) is 0 Å². The topological polar surface area (TPSA) is 44.4 Å². The van der Waals surface area contributed by atoms with Gasteiger partial charge in [-0.15, -0.1) is 0 Å². The standard InChI is InChI=1S/C19H31N3O/c1-16-9-14-22(15-10-16)13-5-11-20-19(23)21-12-8-18-7-4-3-6-17(18)2/h3-4,6-7,16H,5,8-15H2,1-2H3,(H2,20,21,23). The summed E-state index contributed by atoms with van der Waals surface area (Å²) in [5, 5.41) is 5.89. The Morgan fingerprint density at radius 1 is 1.17 bits per heavy atom. The van der Waals surface area contributed by atoms with Crippen LogP contribution in [0.1, 0.15) is 37.3 Å². The quantitative estimate of drug-likeness (QED) is 0.759. The Balaban J connectivity index is 1.51. The first-order valence-corrected chi connectivity index (χ1v) is 8.93. The van der Waals surface area contributed by atoms with Crippen molar-refractivity contribution in [1.29, 1.82) is 0 Å². The van der Waals surface area contributed by atoms with Crippen LogP contribution >= 0.6 is 0 Å². The molecule has 4 nitrogen and oxygen atoms in total. The Morgan fingerprint density at radius 3 is 2.61 bits per heavy atom. The third kappa shape index (κ3) is 6.61. The third-order valence-electron chi connectivity index (χ3n) is 4.75. The number of amides is 2. The highest BCUT2D eigenvalue weighted by molar-refractivity contribution is 5.73. The molecule has 1 aromatic rings. The average molecular weight is 317 g/mol. The third-order valence-corrected chi connectivity index (χ3v) is 4.75. The minimum absolute atomic E-state index is 0.0501. The molecule has 0 unspecified atom stereocenters. The molecule has 0 radical (unpaired) electrons. The van der Waals surface area contributed by atoms with E-state index in [9.17, 15) is 4.79 Å². The van der Waals surface area contributed by atoms with E-state index in [0.717, 1.165) is 31.8 Å². The van der Waals surface area contributed by atoms with Gasteiger partial charge in [0.2, 0.25) is 0 Å². The number of piperidine rings is 1. The smallest absolute Gasteiger partial charge is 0.314 e. The fourth-order valence-electron chi connectivity index (χ4n) is 3.05. The Kier molecular flexibility index (Phi) is 7.40. The minimum Gasteiger partial charge on any atom is -0.338 e. The largest absolute Gasteiger partial charge is 0.338 e. The van der Waals surface area contributed by atoms with E-state index in [4.69, 9.17) is 0 Å². The zero-order valence-corrected chi connectivity index (χ0v) is 14.6. The van der Waals surface area contributed by atoms with Crippen molar-refractivity contribution >= 4 is 6.03 Å². The van der Waals surface area contributed by atoms with E-state index >= 15 is 0 Å². The number of nitrogens with zero attached hydrogens (tertiary/aromatic N) is 1. The number of carbonyl (C=O) groups is 1. The number of rotatable bonds is 7. The van der Waals surface area contributed by atoms with Crippen molar-refractivity contribution in [3.8, 4) is 0 Å². The summed E-state index contributed by atoms with van der Waals surface area (Å²) in [7, 11) is 0. The molecule has 1 saturated heterocycles. The summed E-state index contributed by atoms with van der Waals surface area (Å²) in [6.07, 6.45) is 4.53. The highest BCUT2D eigenvalue weighted by Gasteiger charge is 2.14. The lowest BCUT2D eigenvalue weighted by molar-refractivity contribution is 0.190. The van der Waals surface area contributed by atoms with E-state index in [2.05, 4.69) is 41.5 Å². The summed E-state index contributed by atoms with van der Waals surface area (Å²) in [6.45, 7) is 9.39. The zero-order valence-electron chi connectivity index (χ0n) is 14.6. The number of aryl methyl sites for hydroxylation is 1. The van der Waals surface area contributed by atoms with Gasteiger partial charge in [-0.3, -0.25) is 0 Å². The minimum atomic E-state index is -0.0501. The van der Waals surface area contributed by atoms with Gasteiger partial charge in [-0.1, -0.05) is 31.2 Å². The van der Waals surface area contributed by atoms with Crippen LogP contribution in [0.2, 0.25) is 0 Å². The summed E-state index contributed by atoms with van der Waals surface area (Å²) < 4.78 is 0. The monoisotopic (exact) mass is 317 g/mol. The van der Waals surface area contributed by atoms with E-state index in [-0.39, 0.29) is 6.03 Å². The average Bonchev–Trinajstić information content (AvgIpc) is 2.55. The van der Waals surface area contributed by atoms with Crippen LogP contribution in [0.3, 0.4) is 0 Å². The molecule has 0 saturated carbocycles. The fourth-order valence-corrected chi connectivity index (χ4v) is 3.05.